The second-order valence-electron chi connectivity index (χ2n) is 5.44. The number of aromatic nitrogens is 3. The minimum atomic E-state index is -0.365. The Labute approximate surface area is 159 Å². The zero-order chi connectivity index (χ0) is 18.7. The Morgan fingerprint density at radius 3 is 2.58 bits per heavy atom. The average Bonchev–Trinajstić information content (AvgIpc) is 3.02. The number of rotatable bonds is 5. The van der Waals surface area contributed by atoms with E-state index < -0.39 is 0 Å². The van der Waals surface area contributed by atoms with Gasteiger partial charge in [0.05, 0.1) is 12.8 Å². The van der Waals surface area contributed by atoms with Gasteiger partial charge in [-0.1, -0.05) is 11.6 Å². The van der Waals surface area contributed by atoms with Crippen molar-refractivity contribution in [2.24, 2.45) is 0 Å². The second-order valence-corrected chi connectivity index (χ2v) is 6.73. The number of nitrogens with zero attached hydrogens (tertiary/aromatic N) is 3. The Kier molecular flexibility index (Phi) is 5.34. The van der Waals surface area contributed by atoms with E-state index in [0.717, 1.165) is 11.4 Å². The number of amides is 1. The minimum absolute atomic E-state index is 0.268. The van der Waals surface area contributed by atoms with Crippen LogP contribution in [-0.2, 0) is 0 Å². The first-order valence-corrected chi connectivity index (χ1v) is 8.90. The van der Waals surface area contributed by atoms with E-state index in [2.05, 4.69) is 25.6 Å². The Bertz CT molecular complexity index is 940. The van der Waals surface area contributed by atoms with Crippen LogP contribution in [0.2, 0.25) is 5.02 Å². The van der Waals surface area contributed by atoms with Crippen molar-refractivity contribution >= 4 is 45.6 Å². The first-order valence-electron chi connectivity index (χ1n) is 7.64. The van der Waals surface area contributed by atoms with Crippen LogP contribution in [0.25, 0.3) is 0 Å². The third-order valence-electron chi connectivity index (χ3n) is 3.35. The van der Waals surface area contributed by atoms with Gasteiger partial charge in [-0.05, 0) is 38.1 Å². The van der Waals surface area contributed by atoms with E-state index in [-0.39, 0.29) is 11.6 Å². The van der Waals surface area contributed by atoms with Crippen molar-refractivity contribution in [2.75, 3.05) is 17.7 Å². The quantitative estimate of drug-likeness (QED) is 0.679. The van der Waals surface area contributed by atoms with Gasteiger partial charge in [0.25, 0.3) is 5.91 Å². The number of ether oxygens (including phenoxy) is 1. The smallest absolute Gasteiger partial charge is 0.275 e. The van der Waals surface area contributed by atoms with Crippen LogP contribution in [0.15, 0.2) is 29.6 Å². The highest BCUT2D eigenvalue weighted by Crippen LogP contribution is 2.28. The third-order valence-corrected chi connectivity index (χ3v) is 4.34. The lowest BCUT2D eigenvalue weighted by Crippen LogP contribution is -2.13. The van der Waals surface area contributed by atoms with E-state index in [1.807, 2.05) is 19.9 Å². The standard InChI is InChI=1S/C17H16ClN5O2S/c1-9-6-10(2)20-16(19-9)23-17-22-13(8-26-17)15(24)21-12-7-11(18)4-5-14(12)25-3/h4-8H,1-3H3,(H,21,24)(H,19,20,22,23). The molecule has 0 aliphatic rings. The fourth-order valence-corrected chi connectivity index (χ4v) is 3.13. The maximum atomic E-state index is 12.4. The van der Waals surface area contributed by atoms with E-state index in [1.54, 1.807) is 23.6 Å². The number of halogens is 1. The van der Waals surface area contributed by atoms with Gasteiger partial charge in [-0.15, -0.1) is 11.3 Å². The van der Waals surface area contributed by atoms with Gasteiger partial charge >= 0.3 is 0 Å². The Hall–Kier alpha value is -2.71. The van der Waals surface area contributed by atoms with Gasteiger partial charge in [-0.2, -0.15) is 0 Å². The highest BCUT2D eigenvalue weighted by molar-refractivity contribution is 7.14. The summed E-state index contributed by atoms with van der Waals surface area (Å²) in [6.45, 7) is 3.78. The number of hydrogen-bond acceptors (Lipinski definition) is 7. The number of hydrogen-bond donors (Lipinski definition) is 2. The molecule has 2 aromatic heterocycles. The maximum Gasteiger partial charge on any atom is 0.275 e. The van der Waals surface area contributed by atoms with Gasteiger partial charge in [0.15, 0.2) is 5.13 Å². The number of methoxy groups -OCH3 is 1. The summed E-state index contributed by atoms with van der Waals surface area (Å²) >= 11 is 7.27. The van der Waals surface area contributed by atoms with E-state index in [4.69, 9.17) is 16.3 Å². The molecule has 0 aliphatic heterocycles. The molecule has 0 saturated heterocycles. The number of anilines is 3. The number of carbonyl (C=O) groups excluding carboxylic acids is 1. The van der Waals surface area contributed by atoms with Crippen LogP contribution in [0, 0.1) is 13.8 Å². The lowest BCUT2D eigenvalue weighted by molar-refractivity contribution is 0.102. The monoisotopic (exact) mass is 389 g/mol. The van der Waals surface area contributed by atoms with Crippen LogP contribution in [-0.4, -0.2) is 28.0 Å². The SMILES string of the molecule is COc1ccc(Cl)cc1NC(=O)c1csc(Nc2nc(C)cc(C)n2)n1. The van der Waals surface area contributed by atoms with E-state index >= 15 is 0 Å². The van der Waals surface area contributed by atoms with Crippen molar-refractivity contribution < 1.29 is 9.53 Å². The molecule has 0 spiro atoms. The zero-order valence-corrected chi connectivity index (χ0v) is 15.9. The molecule has 1 amide bonds. The zero-order valence-electron chi connectivity index (χ0n) is 14.3. The number of carbonyl (C=O) groups is 1. The van der Waals surface area contributed by atoms with Crippen molar-refractivity contribution in [1.29, 1.82) is 0 Å². The highest BCUT2D eigenvalue weighted by atomic mass is 35.5. The third kappa shape index (κ3) is 4.27. The molecule has 1 aromatic carbocycles. The molecule has 3 rings (SSSR count). The summed E-state index contributed by atoms with van der Waals surface area (Å²) < 4.78 is 5.22. The normalized spacial score (nSPS) is 10.5. The largest absolute Gasteiger partial charge is 0.495 e. The number of benzene rings is 1. The van der Waals surface area contributed by atoms with Crippen LogP contribution in [0.3, 0.4) is 0 Å². The summed E-state index contributed by atoms with van der Waals surface area (Å²) in [6.07, 6.45) is 0. The molecule has 0 bridgehead atoms. The Morgan fingerprint density at radius 2 is 1.88 bits per heavy atom. The molecule has 0 aliphatic carbocycles. The summed E-state index contributed by atoms with van der Waals surface area (Å²) in [5, 5.41) is 8.44. The molecular formula is C17H16ClN5O2S. The van der Waals surface area contributed by atoms with Gasteiger partial charge in [-0.25, -0.2) is 15.0 Å². The van der Waals surface area contributed by atoms with Crippen molar-refractivity contribution in [3.8, 4) is 5.75 Å². The molecule has 0 unspecified atom stereocenters. The summed E-state index contributed by atoms with van der Waals surface area (Å²) in [5.74, 6) is 0.594. The molecule has 134 valence electrons. The fourth-order valence-electron chi connectivity index (χ4n) is 2.28. The molecule has 0 atom stereocenters. The van der Waals surface area contributed by atoms with Crippen molar-refractivity contribution in [1.82, 2.24) is 15.0 Å². The van der Waals surface area contributed by atoms with Crippen molar-refractivity contribution in [3.05, 3.63) is 51.7 Å². The highest BCUT2D eigenvalue weighted by Gasteiger charge is 2.14. The molecular weight excluding hydrogens is 374 g/mol. The van der Waals surface area contributed by atoms with Crippen LogP contribution in [0.4, 0.5) is 16.8 Å². The molecule has 0 radical (unpaired) electrons. The number of aryl methyl sites for hydroxylation is 2. The van der Waals surface area contributed by atoms with Crippen molar-refractivity contribution in [2.45, 2.75) is 13.8 Å². The summed E-state index contributed by atoms with van der Waals surface area (Å²) in [4.78, 5) is 25.3. The van der Waals surface area contributed by atoms with Gasteiger partial charge in [-0.3, -0.25) is 4.79 Å². The number of nitrogens with one attached hydrogen (secondary N) is 2. The molecule has 3 aromatic rings. The average molecular weight is 390 g/mol. The predicted molar refractivity (Wildman–Crippen MR) is 103 cm³/mol. The predicted octanol–water partition coefficient (Wildman–Crippen LogP) is 4.21. The molecule has 7 nitrogen and oxygen atoms in total. The molecule has 9 heteroatoms. The molecule has 2 heterocycles. The second kappa shape index (κ2) is 7.67. The van der Waals surface area contributed by atoms with E-state index in [0.29, 0.717) is 27.5 Å². The maximum absolute atomic E-state index is 12.4. The van der Waals surface area contributed by atoms with Crippen LogP contribution in [0.1, 0.15) is 21.9 Å². The van der Waals surface area contributed by atoms with Gasteiger partial charge in [0, 0.05) is 21.8 Å². The fraction of sp³-hybridized carbons (Fsp3) is 0.176. The first-order chi connectivity index (χ1) is 12.4. The lowest BCUT2D eigenvalue weighted by atomic mass is 10.3. The Balaban J connectivity index is 1.75. The summed E-state index contributed by atoms with van der Waals surface area (Å²) in [6, 6.07) is 6.87. The minimum Gasteiger partial charge on any atom is -0.495 e. The molecule has 2 N–H and O–H groups in total. The van der Waals surface area contributed by atoms with Crippen LogP contribution < -0.4 is 15.4 Å². The van der Waals surface area contributed by atoms with Crippen LogP contribution >= 0.6 is 22.9 Å². The topological polar surface area (TPSA) is 89.0 Å². The van der Waals surface area contributed by atoms with Crippen LogP contribution in [0.5, 0.6) is 5.75 Å². The summed E-state index contributed by atoms with van der Waals surface area (Å²) in [5.41, 5.74) is 2.44. The summed E-state index contributed by atoms with van der Waals surface area (Å²) in [7, 11) is 1.52. The molecule has 0 fully saturated rings. The van der Waals surface area contributed by atoms with Crippen molar-refractivity contribution in [3.63, 3.8) is 0 Å². The van der Waals surface area contributed by atoms with Gasteiger partial charge in [0.2, 0.25) is 5.95 Å². The molecule has 26 heavy (non-hydrogen) atoms. The van der Waals surface area contributed by atoms with Gasteiger partial charge < -0.3 is 15.4 Å². The van der Waals surface area contributed by atoms with E-state index in [9.17, 15) is 4.79 Å². The molecule has 0 saturated carbocycles. The Morgan fingerprint density at radius 1 is 1.15 bits per heavy atom. The van der Waals surface area contributed by atoms with Gasteiger partial charge in [0.1, 0.15) is 11.4 Å². The lowest BCUT2D eigenvalue weighted by Gasteiger charge is -2.09. The number of thiazole rings is 1. The first kappa shape index (κ1) is 18.1. The van der Waals surface area contributed by atoms with E-state index in [1.165, 1.54) is 18.4 Å².